The van der Waals surface area contributed by atoms with E-state index in [0.29, 0.717) is 12.0 Å². The fourth-order valence-electron chi connectivity index (χ4n) is 2.12. The molecule has 1 aliphatic carbocycles. The molecule has 2 aliphatic rings. The van der Waals surface area contributed by atoms with Crippen LogP contribution in [0.25, 0.3) is 0 Å². The van der Waals surface area contributed by atoms with E-state index in [2.05, 4.69) is 4.90 Å². The lowest BCUT2D eigenvalue weighted by Crippen LogP contribution is -2.31. The fourth-order valence-corrected chi connectivity index (χ4v) is 2.12. The monoisotopic (exact) mass is 173 g/mol. The standard InChI is InChI=1S/C9H16FNO/c10-5-8(12)6-11-4-3-9(7-11)1-2-9/h8,12H,1-7H2. The first-order valence-electron chi connectivity index (χ1n) is 4.70. The van der Waals surface area contributed by atoms with Gasteiger partial charge in [-0.3, -0.25) is 0 Å². The number of nitrogens with zero attached hydrogens (tertiary/aromatic N) is 1. The summed E-state index contributed by atoms with van der Waals surface area (Å²) in [6.45, 7) is 2.06. The van der Waals surface area contributed by atoms with E-state index in [1.54, 1.807) is 0 Å². The highest BCUT2D eigenvalue weighted by Crippen LogP contribution is 2.52. The Bertz CT molecular complexity index is 170. The van der Waals surface area contributed by atoms with Crippen LogP contribution in [0.2, 0.25) is 0 Å². The second-order valence-corrected chi connectivity index (χ2v) is 4.29. The number of alkyl halides is 1. The molecule has 1 saturated carbocycles. The van der Waals surface area contributed by atoms with Gasteiger partial charge in [-0.25, -0.2) is 4.39 Å². The van der Waals surface area contributed by atoms with Crippen LogP contribution in [0, 0.1) is 5.41 Å². The Balaban J connectivity index is 1.76. The Labute approximate surface area is 72.4 Å². The Hall–Kier alpha value is -0.150. The Kier molecular flexibility index (Phi) is 2.09. The lowest BCUT2D eigenvalue weighted by molar-refractivity contribution is 0.0976. The highest BCUT2D eigenvalue weighted by atomic mass is 19.1. The van der Waals surface area contributed by atoms with Gasteiger partial charge in [-0.15, -0.1) is 0 Å². The van der Waals surface area contributed by atoms with E-state index >= 15 is 0 Å². The van der Waals surface area contributed by atoms with Gasteiger partial charge in [0.1, 0.15) is 6.67 Å². The SMILES string of the molecule is OC(CF)CN1CCC2(CC2)C1. The van der Waals surface area contributed by atoms with E-state index in [4.69, 9.17) is 5.11 Å². The number of rotatable bonds is 3. The van der Waals surface area contributed by atoms with Gasteiger partial charge in [0, 0.05) is 13.1 Å². The zero-order valence-corrected chi connectivity index (χ0v) is 7.30. The highest BCUT2D eigenvalue weighted by Gasteiger charge is 2.47. The minimum atomic E-state index is -0.765. The van der Waals surface area contributed by atoms with Crippen LogP contribution in [0.5, 0.6) is 0 Å². The van der Waals surface area contributed by atoms with Crippen LogP contribution in [0.1, 0.15) is 19.3 Å². The lowest BCUT2D eigenvalue weighted by Gasteiger charge is -2.17. The first-order valence-corrected chi connectivity index (χ1v) is 4.70. The topological polar surface area (TPSA) is 23.5 Å². The van der Waals surface area contributed by atoms with Crippen LogP contribution < -0.4 is 0 Å². The highest BCUT2D eigenvalue weighted by molar-refractivity contribution is 5.00. The van der Waals surface area contributed by atoms with Gasteiger partial charge in [-0.1, -0.05) is 0 Å². The zero-order chi connectivity index (χ0) is 8.60. The quantitative estimate of drug-likeness (QED) is 0.682. The Morgan fingerprint density at radius 1 is 1.42 bits per heavy atom. The van der Waals surface area contributed by atoms with Gasteiger partial charge in [-0.2, -0.15) is 0 Å². The average molecular weight is 173 g/mol. The molecular weight excluding hydrogens is 157 g/mol. The van der Waals surface area contributed by atoms with E-state index in [1.807, 2.05) is 0 Å². The third kappa shape index (κ3) is 1.62. The molecule has 2 fully saturated rings. The number of hydrogen-bond acceptors (Lipinski definition) is 2. The average Bonchev–Trinajstić information content (AvgIpc) is 2.68. The van der Waals surface area contributed by atoms with Crippen molar-refractivity contribution in [2.75, 3.05) is 26.3 Å². The summed E-state index contributed by atoms with van der Waals surface area (Å²) < 4.78 is 12.0. The van der Waals surface area contributed by atoms with Crippen molar-refractivity contribution in [3.05, 3.63) is 0 Å². The Morgan fingerprint density at radius 3 is 2.67 bits per heavy atom. The first kappa shape index (κ1) is 8.45. The summed E-state index contributed by atoms with van der Waals surface area (Å²) in [5.74, 6) is 0. The van der Waals surface area contributed by atoms with E-state index in [0.717, 1.165) is 13.1 Å². The van der Waals surface area contributed by atoms with Crippen LogP contribution in [0.15, 0.2) is 0 Å². The summed E-state index contributed by atoms with van der Waals surface area (Å²) >= 11 is 0. The van der Waals surface area contributed by atoms with Crippen molar-refractivity contribution in [2.24, 2.45) is 5.41 Å². The van der Waals surface area contributed by atoms with Gasteiger partial charge in [0.15, 0.2) is 0 Å². The van der Waals surface area contributed by atoms with Gasteiger partial charge in [-0.05, 0) is 31.2 Å². The van der Waals surface area contributed by atoms with E-state index < -0.39 is 12.8 Å². The molecule has 3 heteroatoms. The predicted molar refractivity (Wildman–Crippen MR) is 44.7 cm³/mol. The van der Waals surface area contributed by atoms with E-state index in [1.165, 1.54) is 19.3 Å². The molecule has 1 heterocycles. The first-order chi connectivity index (χ1) is 5.74. The van der Waals surface area contributed by atoms with Crippen LogP contribution in [-0.2, 0) is 0 Å². The summed E-state index contributed by atoms with van der Waals surface area (Å²) in [5, 5.41) is 9.09. The third-order valence-corrected chi connectivity index (χ3v) is 3.12. The molecular formula is C9H16FNO. The van der Waals surface area contributed by atoms with Crippen molar-refractivity contribution in [1.29, 1.82) is 0 Å². The molecule has 1 saturated heterocycles. The summed E-state index contributed by atoms with van der Waals surface area (Å²) in [6, 6.07) is 0. The summed E-state index contributed by atoms with van der Waals surface area (Å²) in [5.41, 5.74) is 0.593. The molecule has 1 spiro atoms. The number of aliphatic hydroxyl groups is 1. The molecule has 1 N–H and O–H groups in total. The number of halogens is 1. The van der Waals surface area contributed by atoms with Crippen molar-refractivity contribution in [3.8, 4) is 0 Å². The predicted octanol–water partition coefficient (Wildman–Crippen LogP) is 0.803. The maximum Gasteiger partial charge on any atom is 0.117 e. The number of β-amino-alcohol motifs (C(OH)–C–C–N with tert-alkyl or cyclic N) is 1. The zero-order valence-electron chi connectivity index (χ0n) is 7.30. The maximum atomic E-state index is 12.0. The molecule has 0 aromatic rings. The molecule has 1 unspecified atom stereocenters. The van der Waals surface area contributed by atoms with Crippen molar-refractivity contribution in [3.63, 3.8) is 0 Å². The lowest BCUT2D eigenvalue weighted by atomic mass is 10.1. The van der Waals surface area contributed by atoms with Gasteiger partial charge >= 0.3 is 0 Å². The molecule has 12 heavy (non-hydrogen) atoms. The van der Waals surface area contributed by atoms with Crippen LogP contribution in [0.3, 0.4) is 0 Å². The van der Waals surface area contributed by atoms with Crippen LogP contribution in [-0.4, -0.2) is 42.4 Å². The molecule has 0 aromatic carbocycles. The van der Waals surface area contributed by atoms with Gasteiger partial charge in [0.25, 0.3) is 0 Å². The van der Waals surface area contributed by atoms with Crippen molar-refractivity contribution < 1.29 is 9.50 Å². The molecule has 1 atom stereocenters. The molecule has 0 bridgehead atoms. The molecule has 0 amide bonds. The second-order valence-electron chi connectivity index (χ2n) is 4.29. The van der Waals surface area contributed by atoms with Gasteiger partial charge < -0.3 is 10.0 Å². The summed E-state index contributed by atoms with van der Waals surface area (Å²) in [7, 11) is 0. The van der Waals surface area contributed by atoms with Crippen LogP contribution >= 0.6 is 0 Å². The smallest absolute Gasteiger partial charge is 0.117 e. The van der Waals surface area contributed by atoms with Crippen LogP contribution in [0.4, 0.5) is 4.39 Å². The largest absolute Gasteiger partial charge is 0.389 e. The van der Waals surface area contributed by atoms with Gasteiger partial charge in [0.2, 0.25) is 0 Å². The minimum absolute atomic E-state index is 0.526. The van der Waals surface area contributed by atoms with Crippen molar-refractivity contribution in [1.82, 2.24) is 4.90 Å². The number of hydrogen-bond donors (Lipinski definition) is 1. The van der Waals surface area contributed by atoms with Crippen molar-refractivity contribution >= 4 is 0 Å². The third-order valence-electron chi connectivity index (χ3n) is 3.12. The number of aliphatic hydroxyl groups excluding tert-OH is 1. The molecule has 70 valence electrons. The normalized spacial score (nSPS) is 29.5. The molecule has 2 nitrogen and oxygen atoms in total. The molecule has 1 aliphatic heterocycles. The minimum Gasteiger partial charge on any atom is -0.389 e. The van der Waals surface area contributed by atoms with Crippen molar-refractivity contribution in [2.45, 2.75) is 25.4 Å². The molecule has 2 rings (SSSR count). The number of likely N-dealkylation sites (tertiary alicyclic amines) is 1. The molecule has 0 aromatic heterocycles. The molecule has 0 radical (unpaired) electrons. The maximum absolute atomic E-state index is 12.0. The summed E-state index contributed by atoms with van der Waals surface area (Å²) in [6.07, 6.45) is 3.18. The van der Waals surface area contributed by atoms with Gasteiger partial charge in [0.05, 0.1) is 6.10 Å². The fraction of sp³-hybridized carbons (Fsp3) is 1.00. The Morgan fingerprint density at radius 2 is 2.17 bits per heavy atom. The summed E-state index contributed by atoms with van der Waals surface area (Å²) in [4.78, 5) is 2.19. The van der Waals surface area contributed by atoms with E-state index in [9.17, 15) is 4.39 Å². The second kappa shape index (κ2) is 2.96. The van der Waals surface area contributed by atoms with E-state index in [-0.39, 0.29) is 0 Å².